The molecular weight excluding hydrogens is 710 g/mol. The van der Waals surface area contributed by atoms with Crippen LogP contribution in [-0.4, -0.2) is 23.0 Å². The predicted molar refractivity (Wildman–Crippen MR) is 144 cm³/mol. The minimum atomic E-state index is -0.219. The lowest BCUT2D eigenvalue weighted by molar-refractivity contribution is -0.140. The second-order valence-corrected chi connectivity index (χ2v) is 12.4. The van der Waals surface area contributed by atoms with Crippen LogP contribution in [0.4, 0.5) is 0 Å². The highest BCUT2D eigenvalue weighted by Crippen LogP contribution is 2.65. The second kappa shape index (κ2) is 8.44. The maximum Gasteiger partial charge on any atom is 0.254 e. The number of allylic oxidation sites excluding steroid dienone is 2. The van der Waals surface area contributed by atoms with E-state index in [4.69, 9.17) is 4.74 Å². The highest BCUT2D eigenvalue weighted by Gasteiger charge is 2.67. The molecule has 1 aliphatic heterocycles. The lowest BCUT2D eigenvalue weighted by atomic mass is 9.63. The number of rotatable bonds is 5. The SMILES string of the molecule is O=C1[C@@H]2[C@H]3C=C[C@@H]([C@@H]4C[C@H]34)[C@H]2C(=O)N1N=Cc1cc(I)c(OCc2ccc(Br)cc2)c(I)c1. The molecule has 4 aliphatic carbocycles. The van der Waals surface area contributed by atoms with E-state index in [2.05, 4.69) is 78.4 Å². The summed E-state index contributed by atoms with van der Waals surface area (Å²) in [5, 5.41) is 5.49. The standard InChI is InChI=1S/C25H19BrI2N2O3/c26-14-3-1-12(2-4-14)11-33-23-19(27)7-13(8-20(23)28)10-29-30-24(31)21-15-5-6-16(18-9-17(15)18)22(21)25(30)32/h1-8,10,15-18,21-22H,9,11H2/t15-,16-,17-,18+,21+,22+/m0/s1. The number of carbonyl (C=O) groups excluding carboxylic acids is 2. The van der Waals surface area contributed by atoms with E-state index in [1.807, 2.05) is 36.4 Å². The molecule has 33 heavy (non-hydrogen) atoms. The molecule has 3 fully saturated rings. The van der Waals surface area contributed by atoms with Gasteiger partial charge in [0.1, 0.15) is 12.4 Å². The van der Waals surface area contributed by atoms with Gasteiger partial charge in [-0.2, -0.15) is 10.1 Å². The molecule has 7 rings (SSSR count). The third-order valence-electron chi connectivity index (χ3n) is 7.28. The van der Waals surface area contributed by atoms with Crippen molar-refractivity contribution in [2.24, 2.45) is 40.6 Å². The van der Waals surface area contributed by atoms with Crippen molar-refractivity contribution in [1.82, 2.24) is 5.01 Å². The summed E-state index contributed by atoms with van der Waals surface area (Å²) in [5.41, 5.74) is 1.92. The predicted octanol–water partition coefficient (Wildman–Crippen LogP) is 5.62. The van der Waals surface area contributed by atoms with Crippen LogP contribution >= 0.6 is 61.1 Å². The molecular formula is C25H19BrI2N2O3. The average Bonchev–Trinajstić information content (AvgIpc) is 3.57. The smallest absolute Gasteiger partial charge is 0.254 e. The number of hydrogen-bond acceptors (Lipinski definition) is 4. The van der Waals surface area contributed by atoms with Gasteiger partial charge < -0.3 is 4.74 Å². The Kier molecular flexibility index (Phi) is 5.68. The molecule has 0 unspecified atom stereocenters. The van der Waals surface area contributed by atoms with Crippen molar-refractivity contribution < 1.29 is 14.3 Å². The number of imide groups is 1. The van der Waals surface area contributed by atoms with E-state index in [0.717, 1.165) is 39.9 Å². The fraction of sp³-hybridized carbons (Fsp3) is 0.320. The van der Waals surface area contributed by atoms with Gasteiger partial charge in [0.15, 0.2) is 0 Å². The highest BCUT2D eigenvalue weighted by molar-refractivity contribution is 14.1. The van der Waals surface area contributed by atoms with E-state index in [-0.39, 0.29) is 35.5 Å². The van der Waals surface area contributed by atoms with Gasteiger partial charge in [-0.3, -0.25) is 9.59 Å². The fourth-order valence-electron chi connectivity index (χ4n) is 5.71. The molecule has 5 nitrogen and oxygen atoms in total. The van der Waals surface area contributed by atoms with Crippen LogP contribution in [0.5, 0.6) is 5.75 Å². The lowest BCUT2D eigenvalue weighted by Gasteiger charge is -2.37. The topological polar surface area (TPSA) is 59.0 Å². The number of benzene rings is 2. The molecule has 0 spiro atoms. The van der Waals surface area contributed by atoms with Crippen LogP contribution in [0.2, 0.25) is 0 Å². The monoisotopic (exact) mass is 728 g/mol. The summed E-state index contributed by atoms with van der Waals surface area (Å²) in [6, 6.07) is 12.0. The number of halogens is 3. The Bertz CT molecular complexity index is 1170. The van der Waals surface area contributed by atoms with Crippen molar-refractivity contribution in [3.05, 3.63) is 71.3 Å². The quantitative estimate of drug-likeness (QED) is 0.174. The number of ether oxygens (including phenoxy) is 1. The van der Waals surface area contributed by atoms with Crippen molar-refractivity contribution in [2.45, 2.75) is 13.0 Å². The first-order valence-electron chi connectivity index (χ1n) is 10.9. The Morgan fingerprint density at radius 3 is 2.15 bits per heavy atom. The molecule has 0 radical (unpaired) electrons. The number of nitrogens with zero attached hydrogens (tertiary/aromatic N) is 2. The zero-order chi connectivity index (χ0) is 22.9. The van der Waals surface area contributed by atoms with Gasteiger partial charge in [-0.1, -0.05) is 40.2 Å². The van der Waals surface area contributed by atoms with Gasteiger partial charge in [-0.05, 0) is 111 Å². The molecule has 5 aliphatic rings. The van der Waals surface area contributed by atoms with Crippen LogP contribution < -0.4 is 4.74 Å². The lowest BCUT2D eigenvalue weighted by Crippen LogP contribution is -2.40. The molecule has 1 saturated heterocycles. The van der Waals surface area contributed by atoms with Crippen molar-refractivity contribution in [3.8, 4) is 5.75 Å². The van der Waals surface area contributed by atoms with Crippen LogP contribution in [0.1, 0.15) is 17.5 Å². The number of carbonyl (C=O) groups is 2. The first kappa shape index (κ1) is 22.2. The zero-order valence-electron chi connectivity index (χ0n) is 17.3. The van der Waals surface area contributed by atoms with Crippen LogP contribution in [0, 0.1) is 42.6 Å². The summed E-state index contributed by atoms with van der Waals surface area (Å²) in [6.07, 6.45) is 7.13. The number of hydrogen-bond donors (Lipinski definition) is 0. The first-order chi connectivity index (χ1) is 15.9. The van der Waals surface area contributed by atoms with E-state index >= 15 is 0 Å². The summed E-state index contributed by atoms with van der Waals surface area (Å²) in [5.74, 6) is 1.72. The zero-order valence-corrected chi connectivity index (χ0v) is 23.2. The molecule has 6 atom stereocenters. The molecule has 2 amide bonds. The van der Waals surface area contributed by atoms with Crippen LogP contribution in [0.15, 0.2) is 58.1 Å². The molecule has 0 N–H and O–H groups in total. The third kappa shape index (κ3) is 3.80. The van der Waals surface area contributed by atoms with E-state index in [9.17, 15) is 9.59 Å². The van der Waals surface area contributed by atoms with E-state index in [0.29, 0.717) is 18.4 Å². The molecule has 2 aromatic carbocycles. The largest absolute Gasteiger partial charge is 0.487 e. The minimum absolute atomic E-state index is 0.134. The third-order valence-corrected chi connectivity index (χ3v) is 9.41. The molecule has 8 heteroatoms. The summed E-state index contributed by atoms with van der Waals surface area (Å²) in [7, 11) is 0. The summed E-state index contributed by atoms with van der Waals surface area (Å²) < 4.78 is 9.01. The maximum absolute atomic E-state index is 13.1. The fourth-order valence-corrected chi connectivity index (χ4v) is 8.10. The normalized spacial score (nSPS) is 31.3. The Labute approximate surface area is 227 Å². The van der Waals surface area contributed by atoms with Gasteiger partial charge >= 0.3 is 0 Å². The average molecular weight is 729 g/mol. The van der Waals surface area contributed by atoms with Crippen molar-refractivity contribution in [2.75, 3.05) is 0 Å². The summed E-state index contributed by atoms with van der Waals surface area (Å²) in [6.45, 7) is 0.477. The molecule has 168 valence electrons. The summed E-state index contributed by atoms with van der Waals surface area (Å²) in [4.78, 5) is 26.2. The van der Waals surface area contributed by atoms with Gasteiger partial charge in [0.25, 0.3) is 11.8 Å². The van der Waals surface area contributed by atoms with Crippen LogP contribution in [-0.2, 0) is 16.2 Å². The molecule has 2 bridgehead atoms. The molecule has 2 aromatic rings. The molecule has 1 heterocycles. The van der Waals surface area contributed by atoms with Crippen molar-refractivity contribution in [1.29, 1.82) is 0 Å². The van der Waals surface area contributed by atoms with Crippen molar-refractivity contribution in [3.63, 3.8) is 0 Å². The first-order valence-corrected chi connectivity index (χ1v) is 13.8. The Balaban J connectivity index is 1.18. The van der Waals surface area contributed by atoms with Gasteiger partial charge in [-0.25, -0.2) is 0 Å². The molecule has 2 saturated carbocycles. The minimum Gasteiger partial charge on any atom is -0.487 e. The Hall–Kier alpha value is -1.27. The van der Waals surface area contributed by atoms with Gasteiger partial charge in [0, 0.05) is 4.47 Å². The Morgan fingerprint density at radius 2 is 1.58 bits per heavy atom. The number of amides is 2. The van der Waals surface area contributed by atoms with Gasteiger partial charge in [-0.15, -0.1) is 0 Å². The maximum atomic E-state index is 13.1. The second-order valence-electron chi connectivity index (χ2n) is 9.12. The van der Waals surface area contributed by atoms with Crippen molar-refractivity contribution >= 4 is 79.1 Å². The van der Waals surface area contributed by atoms with E-state index < -0.39 is 0 Å². The van der Waals surface area contributed by atoms with Gasteiger partial charge in [0.05, 0.1) is 25.2 Å². The molecule has 0 aromatic heterocycles. The Morgan fingerprint density at radius 1 is 1.00 bits per heavy atom. The number of hydrazone groups is 1. The van der Waals surface area contributed by atoms with Crippen LogP contribution in [0.25, 0.3) is 0 Å². The van der Waals surface area contributed by atoms with E-state index in [1.54, 1.807) is 6.21 Å². The van der Waals surface area contributed by atoms with E-state index in [1.165, 1.54) is 0 Å². The van der Waals surface area contributed by atoms with Crippen LogP contribution in [0.3, 0.4) is 0 Å². The van der Waals surface area contributed by atoms with Gasteiger partial charge in [0.2, 0.25) is 0 Å². The highest BCUT2D eigenvalue weighted by atomic mass is 127. The summed E-state index contributed by atoms with van der Waals surface area (Å²) >= 11 is 7.94.